The number of aromatic hydroxyl groups is 4. The van der Waals surface area contributed by atoms with Crippen LogP contribution in [0.15, 0.2) is 102 Å². The topological polar surface area (TPSA) is 378 Å². The highest BCUT2D eigenvalue weighted by molar-refractivity contribution is 6.14. The SMILES string of the molecule is CCc1nc[nH]c1Cc1cc(C=CC(=O)N2c3cc(OC4(O)OC(CO)C(O)C(O)C4O)c(O)c(O)c3C3C(C45c6c(O)cccc6CCC4CCCC5CO)C(C4CCC(CCNC(N)=NCc5ccccc5)C(O)C4)=CC32C(=O)O)ccc1O. The molecule has 3 heterocycles. The van der Waals surface area contributed by atoms with E-state index in [9.17, 15) is 61.3 Å². The maximum atomic E-state index is 15.8. The predicted octanol–water partition coefficient (Wildman–Crippen LogP) is 3.97. The molecular weight excluding hydrogens is 1110 g/mol. The summed E-state index contributed by atoms with van der Waals surface area (Å²) >= 11 is 0. The van der Waals surface area contributed by atoms with Crippen molar-refractivity contribution in [2.24, 2.45) is 40.3 Å². The summed E-state index contributed by atoms with van der Waals surface area (Å²) in [6.07, 6.45) is 1.51. The number of nitrogens with zero attached hydrogens (tertiary/aromatic N) is 3. The van der Waals surface area contributed by atoms with Gasteiger partial charge in [0.25, 0.3) is 5.91 Å². The first-order valence-electron chi connectivity index (χ1n) is 29.6. The first kappa shape index (κ1) is 60.2. The van der Waals surface area contributed by atoms with Crippen molar-refractivity contribution in [1.82, 2.24) is 15.3 Å². The Hall–Kier alpha value is -7.54. The standard InChI is InChI=1S/C64H76N6O16/c1-2-42-43(69-32-68-42)25-38-24-33(14-20-45(38)73)15-21-50(76)70-44-27-48(85-64(84)59(81)58(80)56(78)49(31-72)86-64)55(77)57(79)51(44)54-53(63-39(11-7-12-40(63)30-71)19-18-36-10-6-13-46(74)52(36)63)41(28-62(54,70)60(82)83)37-17-16-35(47(75)26-37)22-23-66-61(65)67-29-34-8-4-3-5-9-34/h3-6,8-10,13-15,20-21,24,27-28,32,35,37,39-40,47,49,53-54,56,58-59,71-75,77-81,84H,2,7,11-12,16-19,22-23,25-26,29-31H2,1H3,(H,68,69)(H,82,83)(H3,65,66,67). The van der Waals surface area contributed by atoms with E-state index in [1.807, 2.05) is 43.3 Å². The molecule has 11 rings (SSSR count). The molecule has 1 aromatic heterocycles. The van der Waals surface area contributed by atoms with Gasteiger partial charge in [0.1, 0.15) is 29.8 Å². The van der Waals surface area contributed by atoms with Crippen molar-refractivity contribution in [1.29, 1.82) is 0 Å². The van der Waals surface area contributed by atoms with Gasteiger partial charge >= 0.3 is 11.9 Å². The van der Waals surface area contributed by atoms with Crippen molar-refractivity contribution in [2.45, 2.75) is 137 Å². The van der Waals surface area contributed by atoms with Crippen LogP contribution in [0.5, 0.6) is 28.7 Å². The molecular formula is C64H76N6O16. The van der Waals surface area contributed by atoms with E-state index in [0.717, 1.165) is 39.6 Å². The van der Waals surface area contributed by atoms with Crippen LogP contribution in [-0.2, 0) is 45.5 Å². The maximum absolute atomic E-state index is 15.8. The fourth-order valence-corrected chi connectivity index (χ4v) is 15.6. The molecule has 0 radical (unpaired) electrons. The Morgan fingerprint density at radius 3 is 2.44 bits per heavy atom. The minimum Gasteiger partial charge on any atom is -0.508 e. The first-order chi connectivity index (χ1) is 41.3. The Labute approximate surface area is 496 Å². The number of guanidine groups is 1. The van der Waals surface area contributed by atoms with Crippen molar-refractivity contribution in [3.05, 3.63) is 142 Å². The van der Waals surface area contributed by atoms with E-state index in [-0.39, 0.29) is 53.4 Å². The molecule has 0 spiro atoms. The summed E-state index contributed by atoms with van der Waals surface area (Å²) < 4.78 is 11.2. The number of phenols is 4. The number of benzene rings is 4. The molecule has 14 atom stereocenters. The molecule has 22 heteroatoms. The number of amides is 1. The smallest absolute Gasteiger partial charge is 0.355 e. The van der Waals surface area contributed by atoms with Crippen LogP contribution >= 0.6 is 0 Å². The van der Waals surface area contributed by atoms with Gasteiger partial charge in [-0.1, -0.05) is 67.4 Å². The third-order valence-corrected chi connectivity index (χ3v) is 19.5. The minimum atomic E-state index is -3.36. The first-order valence-corrected chi connectivity index (χ1v) is 29.6. The molecule has 86 heavy (non-hydrogen) atoms. The number of aliphatic hydroxyl groups excluding tert-OH is 6. The second-order valence-electron chi connectivity index (χ2n) is 24.0. The number of ether oxygens (including phenoxy) is 2. The second-order valence-corrected chi connectivity index (χ2v) is 24.0. The third-order valence-electron chi connectivity index (χ3n) is 19.5. The lowest BCUT2D eigenvalue weighted by molar-refractivity contribution is -0.422. The van der Waals surface area contributed by atoms with E-state index in [4.69, 9.17) is 15.2 Å². The van der Waals surface area contributed by atoms with E-state index >= 15 is 9.59 Å². The molecule has 0 bridgehead atoms. The van der Waals surface area contributed by atoms with E-state index in [1.54, 1.807) is 30.6 Å². The van der Waals surface area contributed by atoms with E-state index in [1.165, 1.54) is 18.2 Å². The summed E-state index contributed by atoms with van der Waals surface area (Å²) in [6.45, 7) is 1.30. The van der Waals surface area contributed by atoms with Crippen LogP contribution < -0.4 is 20.7 Å². The van der Waals surface area contributed by atoms with Gasteiger partial charge in [0.2, 0.25) is 5.75 Å². The van der Waals surface area contributed by atoms with Crippen molar-refractivity contribution >= 4 is 29.6 Å². The zero-order valence-corrected chi connectivity index (χ0v) is 47.6. The Bertz CT molecular complexity index is 3440. The van der Waals surface area contributed by atoms with Crippen LogP contribution in [0, 0.1) is 29.6 Å². The molecule has 3 fully saturated rings. The molecule has 1 saturated heterocycles. The average Bonchev–Trinajstić information content (AvgIpc) is 1.46. The number of carboxylic acid groups (broad SMARTS) is 1. The highest BCUT2D eigenvalue weighted by Crippen LogP contribution is 2.73. The van der Waals surface area contributed by atoms with Crippen LogP contribution in [0.2, 0.25) is 0 Å². The summed E-state index contributed by atoms with van der Waals surface area (Å²) in [7, 11) is 0. The number of hydrogen-bond donors (Lipinski definition) is 15. The van der Waals surface area contributed by atoms with Crippen LogP contribution in [0.4, 0.5) is 5.69 Å². The van der Waals surface area contributed by atoms with E-state index in [0.29, 0.717) is 93.1 Å². The molecule has 4 aliphatic carbocycles. The Kier molecular flexibility index (Phi) is 16.8. The highest BCUT2D eigenvalue weighted by atomic mass is 16.8. The number of aryl methyl sites for hydroxylation is 2. The van der Waals surface area contributed by atoms with E-state index in [2.05, 4.69) is 20.3 Å². The summed E-state index contributed by atoms with van der Waals surface area (Å²) in [5.74, 6) is -13.3. The van der Waals surface area contributed by atoms with Gasteiger partial charge < -0.3 is 86.8 Å². The zero-order chi connectivity index (χ0) is 61.0. The number of anilines is 1. The number of imidazole rings is 1. The number of rotatable bonds is 17. The number of aliphatic carboxylic acids is 1. The number of phenolic OH excluding ortho intramolecular Hbond substituents is 4. The number of nitrogens with two attached hydrogens (primary N) is 1. The van der Waals surface area contributed by atoms with Gasteiger partial charge in [-0.3, -0.25) is 9.69 Å². The normalized spacial score (nSPS) is 31.4. The average molecular weight is 1190 g/mol. The van der Waals surface area contributed by atoms with Crippen molar-refractivity contribution in [3.8, 4) is 28.7 Å². The van der Waals surface area contributed by atoms with Gasteiger partial charge in [-0.15, -0.1) is 0 Å². The summed E-state index contributed by atoms with van der Waals surface area (Å²) in [5, 5.41) is 143. The van der Waals surface area contributed by atoms with Crippen LogP contribution in [-0.4, -0.2) is 151 Å². The summed E-state index contributed by atoms with van der Waals surface area (Å²) in [5.41, 5.74) is 7.04. The lowest BCUT2D eigenvalue weighted by Crippen LogP contribution is -2.67. The fourth-order valence-electron chi connectivity index (χ4n) is 15.6. The Morgan fingerprint density at radius 1 is 0.919 bits per heavy atom. The monoisotopic (exact) mass is 1180 g/mol. The third kappa shape index (κ3) is 10.2. The van der Waals surface area contributed by atoms with Gasteiger partial charge in [0.15, 0.2) is 29.1 Å². The number of aromatic nitrogens is 2. The Balaban J connectivity index is 1.07. The molecule has 14 unspecified atom stereocenters. The van der Waals surface area contributed by atoms with Gasteiger partial charge in [0, 0.05) is 71.3 Å². The number of aliphatic hydroxyl groups is 7. The molecule has 22 nitrogen and oxygen atoms in total. The van der Waals surface area contributed by atoms with Gasteiger partial charge in [0.05, 0.1) is 37.0 Å². The number of aromatic amines is 1. The highest BCUT2D eigenvalue weighted by Gasteiger charge is 2.72. The number of carboxylic acids is 1. The number of nitrogens with one attached hydrogen (secondary N) is 2. The molecule has 4 aromatic carbocycles. The van der Waals surface area contributed by atoms with E-state index < -0.39 is 113 Å². The Morgan fingerprint density at radius 2 is 1.71 bits per heavy atom. The summed E-state index contributed by atoms with van der Waals surface area (Å²) in [6, 6.07) is 20.5. The number of aliphatic imine (C=N–C) groups is 1. The quantitative estimate of drug-likeness (QED) is 0.0156. The molecule has 1 amide bonds. The maximum Gasteiger partial charge on any atom is 0.355 e. The zero-order valence-electron chi connectivity index (χ0n) is 47.6. The molecule has 2 aliphatic heterocycles. The number of allylic oxidation sites excluding steroid dienone is 1. The number of carbonyl (C=O) groups excluding carboxylic acids is 1. The largest absolute Gasteiger partial charge is 0.508 e. The lowest BCUT2D eigenvalue weighted by Gasteiger charge is -2.59. The number of carbonyl (C=O) groups is 2. The minimum absolute atomic E-state index is 0.0359. The molecule has 458 valence electrons. The van der Waals surface area contributed by atoms with Gasteiger partial charge in [-0.2, -0.15) is 0 Å². The predicted molar refractivity (Wildman–Crippen MR) is 313 cm³/mol. The van der Waals surface area contributed by atoms with Crippen molar-refractivity contribution in [2.75, 3.05) is 24.7 Å². The van der Waals surface area contributed by atoms with Crippen LogP contribution in [0.25, 0.3) is 6.08 Å². The number of fused-ring (bicyclic) bond motifs is 6. The fraction of sp³-hybridized carbons (Fsp3) is 0.469. The molecule has 6 aliphatic rings. The number of hydrogen-bond acceptors (Lipinski definition) is 17. The van der Waals surface area contributed by atoms with Crippen molar-refractivity contribution in [3.63, 3.8) is 0 Å². The lowest BCUT2D eigenvalue weighted by atomic mass is 9.44. The molecule has 5 aromatic rings. The second kappa shape index (κ2) is 24.0. The van der Waals surface area contributed by atoms with Gasteiger partial charge in [-0.25, -0.2) is 14.8 Å². The van der Waals surface area contributed by atoms with Crippen LogP contribution in [0.3, 0.4) is 0 Å². The van der Waals surface area contributed by atoms with Crippen molar-refractivity contribution < 1.29 is 80.3 Å². The molecule has 2 saturated carbocycles. The number of H-pyrrole nitrogens is 1. The molecule has 16 N–H and O–H groups in total. The summed E-state index contributed by atoms with van der Waals surface area (Å²) in [4.78, 5) is 44.0. The van der Waals surface area contributed by atoms with Crippen LogP contribution in [0.1, 0.15) is 109 Å². The van der Waals surface area contributed by atoms with Gasteiger partial charge in [-0.05, 0) is 129 Å².